The number of nitrogens with two attached hydrogens (primary N) is 1. The Morgan fingerprint density at radius 2 is 1.97 bits per heavy atom. The molecule has 162 valence electrons. The number of aromatic amines is 1. The second kappa shape index (κ2) is 10.1. The molecule has 0 radical (unpaired) electrons. The van der Waals surface area contributed by atoms with E-state index in [1.54, 1.807) is 13.2 Å². The van der Waals surface area contributed by atoms with Crippen LogP contribution in [0.15, 0.2) is 18.2 Å². The zero-order valence-corrected chi connectivity index (χ0v) is 18.1. The molecule has 9 heteroatoms. The molecule has 3 N–H and O–H groups in total. The first-order valence-corrected chi connectivity index (χ1v) is 9.77. The number of benzene rings is 1. The Hall–Kier alpha value is -1.41. The average Bonchev–Trinajstić information content (AvgIpc) is 3.10. The number of methoxy groups -OCH3 is 1. The van der Waals surface area contributed by atoms with Gasteiger partial charge in [-0.25, -0.2) is 9.37 Å². The van der Waals surface area contributed by atoms with E-state index >= 15 is 0 Å². The highest BCUT2D eigenvalue weighted by molar-refractivity contribution is 5.85. The zero-order valence-electron chi connectivity index (χ0n) is 16.5. The summed E-state index contributed by atoms with van der Waals surface area (Å²) in [5.41, 5.74) is 7.67. The van der Waals surface area contributed by atoms with Gasteiger partial charge in [0.05, 0.1) is 17.1 Å². The van der Waals surface area contributed by atoms with Crippen molar-refractivity contribution in [2.75, 3.05) is 20.2 Å². The summed E-state index contributed by atoms with van der Waals surface area (Å²) in [6.07, 6.45) is 4.20. The Morgan fingerprint density at radius 3 is 2.62 bits per heavy atom. The lowest BCUT2D eigenvalue weighted by Crippen LogP contribution is -2.48. The van der Waals surface area contributed by atoms with Crippen molar-refractivity contribution < 1.29 is 13.9 Å². The molecule has 1 aromatic heterocycles. The van der Waals surface area contributed by atoms with Crippen LogP contribution < -0.4 is 5.73 Å². The van der Waals surface area contributed by atoms with Crippen molar-refractivity contribution in [3.63, 3.8) is 0 Å². The number of imidazole rings is 1. The number of nitrogens with zero attached hydrogens (tertiary/aromatic N) is 2. The Bertz CT molecular complexity index is 826. The number of fused-ring (bicyclic) bond motifs is 1. The highest BCUT2D eigenvalue weighted by Crippen LogP contribution is 2.31. The molecule has 29 heavy (non-hydrogen) atoms. The lowest BCUT2D eigenvalue weighted by Gasteiger charge is -2.37. The van der Waals surface area contributed by atoms with Gasteiger partial charge in [-0.1, -0.05) is 0 Å². The van der Waals surface area contributed by atoms with Crippen molar-refractivity contribution in [1.29, 1.82) is 0 Å². The number of aromatic nitrogens is 2. The number of nitrogens with one attached hydrogen (secondary N) is 1. The van der Waals surface area contributed by atoms with Crippen molar-refractivity contribution in [2.45, 2.75) is 50.2 Å². The lowest BCUT2D eigenvalue weighted by atomic mass is 9.82. The van der Waals surface area contributed by atoms with Gasteiger partial charge in [0, 0.05) is 38.1 Å². The van der Waals surface area contributed by atoms with E-state index in [-0.39, 0.29) is 60.5 Å². The first-order valence-electron chi connectivity index (χ1n) is 9.77. The first-order chi connectivity index (χ1) is 13.0. The lowest BCUT2D eigenvalue weighted by molar-refractivity contribution is -0.138. The smallest absolute Gasteiger partial charge is 0.225 e. The third-order valence-corrected chi connectivity index (χ3v) is 6.14. The molecular formula is C20H29Cl2FN4O2. The molecule has 2 aliphatic rings. The summed E-state index contributed by atoms with van der Waals surface area (Å²) in [6.45, 7) is 1.46. The number of carbonyl (C=O) groups excluding carboxylic acids is 1. The molecule has 1 aliphatic carbocycles. The van der Waals surface area contributed by atoms with E-state index in [1.807, 2.05) is 4.90 Å². The predicted octanol–water partition coefficient (Wildman–Crippen LogP) is 3.39. The summed E-state index contributed by atoms with van der Waals surface area (Å²) in [5.74, 6) is 1.14. The molecule has 3 atom stereocenters. The monoisotopic (exact) mass is 446 g/mol. The molecule has 2 fully saturated rings. The predicted molar refractivity (Wildman–Crippen MR) is 115 cm³/mol. The van der Waals surface area contributed by atoms with Crippen molar-refractivity contribution >= 4 is 41.8 Å². The molecule has 2 heterocycles. The quantitative estimate of drug-likeness (QED) is 0.756. The van der Waals surface area contributed by atoms with Crippen LogP contribution in [0.3, 0.4) is 0 Å². The fourth-order valence-corrected chi connectivity index (χ4v) is 4.52. The minimum absolute atomic E-state index is 0. The molecule has 0 unspecified atom stereocenters. The van der Waals surface area contributed by atoms with E-state index in [1.165, 1.54) is 12.1 Å². The molecule has 1 amide bonds. The van der Waals surface area contributed by atoms with Gasteiger partial charge in [0.1, 0.15) is 11.6 Å². The fraction of sp³-hybridized carbons (Fsp3) is 0.600. The van der Waals surface area contributed by atoms with Crippen LogP contribution in [0.1, 0.15) is 43.8 Å². The number of amides is 1. The number of H-pyrrole nitrogens is 1. The Balaban J connectivity index is 0.00000150. The van der Waals surface area contributed by atoms with E-state index in [2.05, 4.69) is 9.97 Å². The summed E-state index contributed by atoms with van der Waals surface area (Å²) < 4.78 is 18.8. The third kappa shape index (κ3) is 5.02. The van der Waals surface area contributed by atoms with Crippen molar-refractivity contribution in [1.82, 2.24) is 14.9 Å². The molecular weight excluding hydrogens is 418 g/mol. The van der Waals surface area contributed by atoms with Crippen LogP contribution in [0.25, 0.3) is 11.0 Å². The van der Waals surface area contributed by atoms with Crippen LogP contribution in [0.2, 0.25) is 0 Å². The maximum absolute atomic E-state index is 13.4. The van der Waals surface area contributed by atoms with Gasteiger partial charge in [-0.05, 0) is 50.3 Å². The summed E-state index contributed by atoms with van der Waals surface area (Å²) in [6, 6.07) is 4.54. The largest absolute Gasteiger partial charge is 0.380 e. The molecule has 2 aromatic rings. The maximum Gasteiger partial charge on any atom is 0.225 e. The highest BCUT2D eigenvalue weighted by atomic mass is 35.5. The first kappa shape index (κ1) is 23.9. The van der Waals surface area contributed by atoms with Gasteiger partial charge in [0.15, 0.2) is 0 Å². The molecule has 1 saturated carbocycles. The summed E-state index contributed by atoms with van der Waals surface area (Å²) in [5, 5.41) is 0. The van der Waals surface area contributed by atoms with Crippen LogP contribution in [-0.4, -0.2) is 53.1 Å². The molecule has 4 rings (SSSR count). The van der Waals surface area contributed by atoms with Crippen LogP contribution in [0.5, 0.6) is 0 Å². The van der Waals surface area contributed by atoms with Crippen LogP contribution in [0.4, 0.5) is 4.39 Å². The van der Waals surface area contributed by atoms with Gasteiger partial charge in [-0.3, -0.25) is 4.79 Å². The zero-order chi connectivity index (χ0) is 19.0. The summed E-state index contributed by atoms with van der Waals surface area (Å²) >= 11 is 0. The van der Waals surface area contributed by atoms with Gasteiger partial charge in [-0.2, -0.15) is 0 Å². The molecule has 6 nitrogen and oxygen atoms in total. The van der Waals surface area contributed by atoms with Gasteiger partial charge < -0.3 is 20.4 Å². The van der Waals surface area contributed by atoms with E-state index in [4.69, 9.17) is 10.5 Å². The molecule has 1 saturated heterocycles. The standard InChI is InChI=1S/C20H27FN4O2.2ClH/c1-27-18-5-2-13(10-15(18)22)20(26)25-8-6-12(7-9-25)19-23-16-4-3-14(21)11-17(16)24-19;;/h3-4,11-13,15,18H,2,5-10,22H2,1H3,(H,23,24);2*1H/t13-,15+,18+;;/m0../s1. The number of hydrogen-bond donors (Lipinski definition) is 2. The minimum Gasteiger partial charge on any atom is -0.380 e. The number of carbonyl (C=O) groups is 1. The van der Waals surface area contributed by atoms with E-state index in [9.17, 15) is 9.18 Å². The van der Waals surface area contributed by atoms with Crippen LogP contribution in [-0.2, 0) is 9.53 Å². The SMILES string of the molecule is CO[C@@H]1CC[C@H](C(=O)N2CCC(c3nc4ccc(F)cc4[nH]3)CC2)C[C@H]1N.Cl.Cl. The Labute approximate surface area is 182 Å². The van der Waals surface area contributed by atoms with E-state index in [0.717, 1.165) is 55.6 Å². The molecule has 0 spiro atoms. The second-order valence-electron chi connectivity index (χ2n) is 7.83. The third-order valence-electron chi connectivity index (χ3n) is 6.14. The minimum atomic E-state index is -0.264. The van der Waals surface area contributed by atoms with Gasteiger partial charge in [0.25, 0.3) is 0 Å². The molecule has 0 bridgehead atoms. The van der Waals surface area contributed by atoms with Crippen molar-refractivity contribution in [3.8, 4) is 0 Å². The summed E-state index contributed by atoms with van der Waals surface area (Å²) in [7, 11) is 1.68. The number of ether oxygens (including phenoxy) is 1. The Morgan fingerprint density at radius 1 is 1.24 bits per heavy atom. The topological polar surface area (TPSA) is 84.2 Å². The number of hydrogen-bond acceptors (Lipinski definition) is 4. The van der Waals surface area contributed by atoms with Gasteiger partial charge in [0.2, 0.25) is 5.91 Å². The van der Waals surface area contributed by atoms with E-state index in [0.29, 0.717) is 6.42 Å². The molecule has 1 aliphatic heterocycles. The van der Waals surface area contributed by atoms with Crippen LogP contribution in [0, 0.1) is 11.7 Å². The van der Waals surface area contributed by atoms with Crippen molar-refractivity contribution in [2.24, 2.45) is 11.7 Å². The van der Waals surface area contributed by atoms with Gasteiger partial charge in [-0.15, -0.1) is 24.8 Å². The molecule has 1 aromatic carbocycles. The number of likely N-dealkylation sites (tertiary alicyclic amines) is 1. The second-order valence-corrected chi connectivity index (χ2v) is 7.83. The van der Waals surface area contributed by atoms with Gasteiger partial charge >= 0.3 is 0 Å². The van der Waals surface area contributed by atoms with Crippen molar-refractivity contribution in [3.05, 3.63) is 29.8 Å². The van der Waals surface area contributed by atoms with E-state index < -0.39 is 0 Å². The number of rotatable bonds is 3. The average molecular weight is 447 g/mol. The number of piperidine rings is 1. The summed E-state index contributed by atoms with van der Waals surface area (Å²) in [4.78, 5) is 22.7. The highest BCUT2D eigenvalue weighted by Gasteiger charge is 2.35. The fourth-order valence-electron chi connectivity index (χ4n) is 4.52. The number of halogens is 3. The normalized spacial score (nSPS) is 25.3. The maximum atomic E-state index is 13.4. The Kier molecular flexibility index (Phi) is 8.28. The van der Waals surface area contributed by atoms with Crippen LogP contribution >= 0.6 is 24.8 Å².